The van der Waals surface area contributed by atoms with Gasteiger partial charge in [0.2, 0.25) is 0 Å². The summed E-state index contributed by atoms with van der Waals surface area (Å²) in [6.45, 7) is 9.64. The first-order valence-electron chi connectivity index (χ1n) is 11.5. The van der Waals surface area contributed by atoms with Crippen molar-refractivity contribution in [2.45, 2.75) is 63.8 Å². The second kappa shape index (κ2) is 8.40. The van der Waals surface area contributed by atoms with Gasteiger partial charge < -0.3 is 9.47 Å². The van der Waals surface area contributed by atoms with Crippen LogP contribution < -0.4 is 4.74 Å². The Kier molecular flexibility index (Phi) is 5.93. The van der Waals surface area contributed by atoms with Crippen molar-refractivity contribution < 1.29 is 14.3 Å². The van der Waals surface area contributed by atoms with Crippen LogP contribution in [0.4, 0.5) is 0 Å². The van der Waals surface area contributed by atoms with E-state index < -0.39 is 0 Å². The Morgan fingerprint density at radius 1 is 1.09 bits per heavy atom. The predicted molar refractivity (Wildman–Crippen MR) is 128 cm³/mol. The molecule has 4 rings (SSSR count). The zero-order valence-electron chi connectivity index (χ0n) is 20.2. The molecule has 1 saturated heterocycles. The Morgan fingerprint density at radius 2 is 1.81 bits per heavy atom. The normalized spacial score (nSPS) is 23.4. The highest BCUT2D eigenvalue weighted by atomic mass is 16.5. The maximum atomic E-state index is 12.8. The smallest absolute Gasteiger partial charge is 0.343 e. The molecule has 32 heavy (non-hydrogen) atoms. The SMILES string of the molecule is COc1ccc([C@@]23CCC(OC(=O)c4ccc(C(C)(C)C)cc4)=C[C@@H]2N(C)CC3)cc1C. The number of hydrogen-bond acceptors (Lipinski definition) is 4. The highest BCUT2D eigenvalue weighted by molar-refractivity contribution is 5.90. The molecule has 2 aliphatic rings. The zero-order chi connectivity index (χ0) is 23.1. The molecule has 1 aliphatic carbocycles. The molecule has 2 atom stereocenters. The van der Waals surface area contributed by atoms with Crippen molar-refractivity contribution in [3.8, 4) is 5.75 Å². The first-order valence-corrected chi connectivity index (χ1v) is 11.5. The molecular formula is C28H35NO3. The van der Waals surface area contributed by atoms with Crippen molar-refractivity contribution >= 4 is 5.97 Å². The summed E-state index contributed by atoms with van der Waals surface area (Å²) >= 11 is 0. The second-order valence-electron chi connectivity index (χ2n) is 10.4. The van der Waals surface area contributed by atoms with Gasteiger partial charge in [0, 0.05) is 17.9 Å². The van der Waals surface area contributed by atoms with E-state index in [1.165, 1.54) is 11.1 Å². The number of aryl methyl sites for hydroxylation is 1. The van der Waals surface area contributed by atoms with E-state index in [0.717, 1.165) is 42.9 Å². The Bertz CT molecular complexity index is 1030. The number of likely N-dealkylation sites (N-methyl/N-ethyl adjacent to an activating group) is 1. The van der Waals surface area contributed by atoms with Gasteiger partial charge in [-0.15, -0.1) is 0 Å². The van der Waals surface area contributed by atoms with Gasteiger partial charge in [-0.05, 0) is 79.7 Å². The Hall–Kier alpha value is -2.59. The molecule has 0 radical (unpaired) electrons. The Morgan fingerprint density at radius 3 is 2.44 bits per heavy atom. The molecule has 0 bridgehead atoms. The summed E-state index contributed by atoms with van der Waals surface area (Å²) in [5, 5.41) is 0. The maximum absolute atomic E-state index is 12.8. The first-order chi connectivity index (χ1) is 15.1. The monoisotopic (exact) mass is 433 g/mol. The van der Waals surface area contributed by atoms with Crippen molar-refractivity contribution in [3.05, 3.63) is 76.6 Å². The first kappa shape index (κ1) is 22.6. The van der Waals surface area contributed by atoms with E-state index in [1.54, 1.807) is 7.11 Å². The van der Waals surface area contributed by atoms with Crippen molar-refractivity contribution in [2.75, 3.05) is 20.7 Å². The van der Waals surface area contributed by atoms with Gasteiger partial charge in [-0.3, -0.25) is 4.90 Å². The van der Waals surface area contributed by atoms with Gasteiger partial charge in [-0.1, -0.05) is 45.0 Å². The summed E-state index contributed by atoms with van der Waals surface area (Å²) in [5.74, 6) is 1.44. The summed E-state index contributed by atoms with van der Waals surface area (Å²) in [7, 11) is 3.88. The van der Waals surface area contributed by atoms with Gasteiger partial charge in [-0.2, -0.15) is 0 Å². The largest absolute Gasteiger partial charge is 0.496 e. The van der Waals surface area contributed by atoms with Crippen molar-refractivity contribution in [3.63, 3.8) is 0 Å². The van der Waals surface area contributed by atoms with Gasteiger partial charge in [-0.25, -0.2) is 4.79 Å². The molecule has 1 aliphatic heterocycles. The second-order valence-corrected chi connectivity index (χ2v) is 10.4. The summed E-state index contributed by atoms with van der Waals surface area (Å²) in [6, 6.07) is 14.6. The van der Waals surface area contributed by atoms with E-state index >= 15 is 0 Å². The fourth-order valence-electron chi connectivity index (χ4n) is 5.27. The third-order valence-corrected chi connectivity index (χ3v) is 7.29. The number of likely N-dealkylation sites (tertiary alicyclic amines) is 1. The molecule has 0 amide bonds. The Balaban J connectivity index is 1.55. The average molecular weight is 434 g/mol. The number of ether oxygens (including phenoxy) is 2. The molecule has 2 aromatic rings. The summed E-state index contributed by atoms with van der Waals surface area (Å²) in [4.78, 5) is 15.2. The molecule has 170 valence electrons. The molecule has 0 saturated carbocycles. The third-order valence-electron chi connectivity index (χ3n) is 7.29. The standard InChI is InChI=1S/C28H35NO3/c1-19-17-22(11-12-24(19)31-6)28-14-13-23(18-25(28)29(5)16-15-28)32-26(30)20-7-9-21(10-8-20)27(2,3)4/h7-12,17-18,25H,13-16H2,1-6H3/t25-,28-/m0/s1. The van der Waals surface area contributed by atoms with Crippen LogP contribution in [0.25, 0.3) is 0 Å². The van der Waals surface area contributed by atoms with E-state index in [1.807, 2.05) is 24.3 Å². The minimum absolute atomic E-state index is 0.0516. The molecule has 4 nitrogen and oxygen atoms in total. The van der Waals surface area contributed by atoms with Crippen LogP contribution in [0.1, 0.15) is 67.1 Å². The zero-order valence-corrected chi connectivity index (χ0v) is 20.2. The van der Waals surface area contributed by atoms with E-state index in [9.17, 15) is 4.79 Å². The van der Waals surface area contributed by atoms with Crippen molar-refractivity contribution in [1.82, 2.24) is 4.90 Å². The number of esters is 1. The lowest BCUT2D eigenvalue weighted by atomic mass is 9.68. The number of carbonyl (C=O) groups is 1. The molecule has 0 spiro atoms. The Labute approximate surface area is 192 Å². The van der Waals surface area contributed by atoms with Crippen LogP contribution in [0.2, 0.25) is 0 Å². The van der Waals surface area contributed by atoms with Crippen LogP contribution in [0.15, 0.2) is 54.3 Å². The number of methoxy groups -OCH3 is 1. The van der Waals surface area contributed by atoms with Crippen molar-refractivity contribution in [2.24, 2.45) is 0 Å². The molecule has 1 heterocycles. The molecule has 4 heteroatoms. The van der Waals surface area contributed by atoms with Gasteiger partial charge >= 0.3 is 5.97 Å². The van der Waals surface area contributed by atoms with Crippen LogP contribution in [0, 0.1) is 6.92 Å². The van der Waals surface area contributed by atoms with E-state index in [2.05, 4.69) is 63.9 Å². The average Bonchev–Trinajstić information content (AvgIpc) is 3.10. The molecule has 2 aromatic carbocycles. The number of carbonyl (C=O) groups excluding carboxylic acids is 1. The number of rotatable bonds is 4. The van der Waals surface area contributed by atoms with Gasteiger partial charge in [0.25, 0.3) is 0 Å². The molecule has 0 N–H and O–H groups in total. The summed E-state index contributed by atoms with van der Waals surface area (Å²) in [5.41, 5.74) is 4.43. The minimum atomic E-state index is -0.273. The van der Waals surface area contributed by atoms with Gasteiger partial charge in [0.15, 0.2) is 0 Å². The lowest BCUT2D eigenvalue weighted by Crippen LogP contribution is -2.42. The third kappa shape index (κ3) is 4.09. The van der Waals surface area contributed by atoms with Gasteiger partial charge in [0.05, 0.1) is 12.7 Å². The maximum Gasteiger partial charge on any atom is 0.343 e. The summed E-state index contributed by atoms with van der Waals surface area (Å²) in [6.07, 6.45) is 5.01. The van der Waals surface area contributed by atoms with Crippen LogP contribution in [-0.2, 0) is 15.6 Å². The van der Waals surface area contributed by atoms with Crippen molar-refractivity contribution in [1.29, 1.82) is 0 Å². The van der Waals surface area contributed by atoms with Crippen LogP contribution in [0.3, 0.4) is 0 Å². The molecular weight excluding hydrogens is 398 g/mol. The number of fused-ring (bicyclic) bond motifs is 1. The molecule has 1 fully saturated rings. The minimum Gasteiger partial charge on any atom is -0.496 e. The number of allylic oxidation sites excluding steroid dienone is 1. The van der Waals surface area contributed by atoms with Gasteiger partial charge in [0.1, 0.15) is 11.5 Å². The lowest BCUT2D eigenvalue weighted by molar-refractivity contribution is 0.0593. The number of benzene rings is 2. The number of hydrogen-bond donors (Lipinski definition) is 0. The molecule has 0 aromatic heterocycles. The quantitative estimate of drug-likeness (QED) is 0.573. The lowest BCUT2D eigenvalue weighted by Gasteiger charge is -2.40. The molecule has 0 unspecified atom stereocenters. The van der Waals surface area contributed by atoms with Crippen LogP contribution in [0.5, 0.6) is 5.75 Å². The topological polar surface area (TPSA) is 38.8 Å². The fraction of sp³-hybridized carbons (Fsp3) is 0.464. The van der Waals surface area contributed by atoms with Crippen LogP contribution in [-0.4, -0.2) is 37.6 Å². The highest BCUT2D eigenvalue weighted by Gasteiger charge is 2.48. The predicted octanol–water partition coefficient (Wildman–Crippen LogP) is 5.78. The highest BCUT2D eigenvalue weighted by Crippen LogP contribution is 2.48. The van der Waals surface area contributed by atoms with Crippen LogP contribution >= 0.6 is 0 Å². The summed E-state index contributed by atoms with van der Waals surface area (Å²) < 4.78 is 11.3. The van der Waals surface area contributed by atoms with E-state index in [-0.39, 0.29) is 22.8 Å². The van der Waals surface area contributed by atoms with E-state index in [4.69, 9.17) is 9.47 Å². The van der Waals surface area contributed by atoms with E-state index in [0.29, 0.717) is 5.56 Å². The fourth-order valence-corrected chi connectivity index (χ4v) is 5.27. The number of nitrogens with zero attached hydrogens (tertiary/aromatic N) is 1.